The molecule has 0 aliphatic heterocycles. The minimum atomic E-state index is -0.464. The summed E-state index contributed by atoms with van der Waals surface area (Å²) >= 11 is 0. The monoisotopic (exact) mass is 189 g/mol. The molecule has 0 aromatic carbocycles. The van der Waals surface area contributed by atoms with Gasteiger partial charge in [-0.25, -0.2) is 0 Å². The third-order valence-corrected chi connectivity index (χ3v) is 1.52. The van der Waals surface area contributed by atoms with Crippen molar-refractivity contribution >= 4 is 5.91 Å². The molecule has 4 heteroatoms. The van der Waals surface area contributed by atoms with E-state index in [1.165, 1.54) is 0 Å². The summed E-state index contributed by atoms with van der Waals surface area (Å²) in [6, 6.07) is 0. The van der Waals surface area contributed by atoms with Gasteiger partial charge in [0.15, 0.2) is 6.29 Å². The second-order valence-corrected chi connectivity index (χ2v) is 2.78. The van der Waals surface area contributed by atoms with E-state index in [1.54, 1.807) is 0 Å². The first kappa shape index (κ1) is 12.4. The molecule has 4 nitrogen and oxygen atoms in total. The highest BCUT2D eigenvalue weighted by Gasteiger charge is 2.11. The maximum absolute atomic E-state index is 10.6. The minimum Gasteiger partial charge on any atom is -0.370 e. The van der Waals surface area contributed by atoms with E-state index in [9.17, 15) is 4.79 Å². The van der Waals surface area contributed by atoms with Crippen LogP contribution in [0, 0.1) is 0 Å². The smallest absolute Gasteiger partial charge is 0.222 e. The Bertz CT molecular complexity index is 139. The fraction of sp³-hybridized carbons (Fsp3) is 0.889. The van der Waals surface area contributed by atoms with Crippen molar-refractivity contribution < 1.29 is 14.3 Å². The van der Waals surface area contributed by atoms with Gasteiger partial charge in [0.25, 0.3) is 0 Å². The van der Waals surface area contributed by atoms with Crippen LogP contribution in [0.25, 0.3) is 0 Å². The van der Waals surface area contributed by atoms with Gasteiger partial charge in [-0.2, -0.15) is 0 Å². The molecule has 2 N–H and O–H groups in total. The Morgan fingerprint density at radius 3 is 2.54 bits per heavy atom. The zero-order valence-electron chi connectivity index (χ0n) is 8.41. The first-order valence-electron chi connectivity index (χ1n) is 4.72. The lowest BCUT2D eigenvalue weighted by Crippen LogP contribution is -2.25. The fourth-order valence-electron chi connectivity index (χ4n) is 0.875. The number of rotatable bonds is 8. The lowest BCUT2D eigenvalue weighted by Gasteiger charge is -2.15. The molecule has 1 unspecified atom stereocenters. The summed E-state index contributed by atoms with van der Waals surface area (Å²) in [6.45, 7) is 5.09. The number of nitrogens with two attached hydrogens (primary N) is 1. The van der Waals surface area contributed by atoms with Crippen LogP contribution in [0.3, 0.4) is 0 Å². The molecule has 0 aromatic heterocycles. The van der Waals surface area contributed by atoms with E-state index in [2.05, 4.69) is 6.92 Å². The molecule has 0 aliphatic carbocycles. The van der Waals surface area contributed by atoms with Crippen LogP contribution in [0.4, 0.5) is 0 Å². The number of ether oxygens (including phenoxy) is 2. The molecule has 0 rings (SSSR count). The second-order valence-electron chi connectivity index (χ2n) is 2.78. The number of amides is 1. The summed E-state index contributed by atoms with van der Waals surface area (Å²) in [7, 11) is 0. The first-order chi connectivity index (χ1) is 6.20. The van der Waals surface area contributed by atoms with Gasteiger partial charge in [-0.05, 0) is 13.3 Å². The Kier molecular flexibility index (Phi) is 7.63. The van der Waals surface area contributed by atoms with E-state index in [-0.39, 0.29) is 6.42 Å². The van der Waals surface area contributed by atoms with Crippen LogP contribution in [0.2, 0.25) is 0 Å². The van der Waals surface area contributed by atoms with Crippen molar-refractivity contribution in [2.24, 2.45) is 5.73 Å². The van der Waals surface area contributed by atoms with Gasteiger partial charge in [0.1, 0.15) is 0 Å². The van der Waals surface area contributed by atoms with Crippen LogP contribution < -0.4 is 5.73 Å². The van der Waals surface area contributed by atoms with E-state index in [1.807, 2.05) is 6.92 Å². The number of hydrogen-bond acceptors (Lipinski definition) is 3. The predicted octanol–water partition coefficient (Wildman–Crippen LogP) is 1.04. The summed E-state index contributed by atoms with van der Waals surface area (Å²) in [4.78, 5) is 10.6. The SMILES string of the molecule is CCCCOC(CC(N)=O)OCC. The number of carbonyl (C=O) groups excluding carboxylic acids is 1. The zero-order chi connectivity index (χ0) is 10.1. The molecular weight excluding hydrogens is 170 g/mol. The van der Waals surface area contributed by atoms with Crippen molar-refractivity contribution in [1.29, 1.82) is 0 Å². The molecule has 0 radical (unpaired) electrons. The standard InChI is InChI=1S/C9H19NO3/c1-3-5-6-13-9(12-4-2)7-8(10)11/h9H,3-7H2,1-2H3,(H2,10,11). The van der Waals surface area contributed by atoms with E-state index in [0.29, 0.717) is 13.2 Å². The Labute approximate surface area is 79.4 Å². The third kappa shape index (κ3) is 7.74. The van der Waals surface area contributed by atoms with Crippen LogP contribution in [0.15, 0.2) is 0 Å². The van der Waals surface area contributed by atoms with Gasteiger partial charge < -0.3 is 15.2 Å². The quantitative estimate of drug-likeness (QED) is 0.458. The van der Waals surface area contributed by atoms with Crippen molar-refractivity contribution in [3.63, 3.8) is 0 Å². The van der Waals surface area contributed by atoms with Crippen LogP contribution in [0.5, 0.6) is 0 Å². The van der Waals surface area contributed by atoms with Crippen molar-refractivity contribution in [2.45, 2.75) is 39.4 Å². The lowest BCUT2D eigenvalue weighted by atomic mass is 10.3. The highest BCUT2D eigenvalue weighted by molar-refractivity contribution is 5.74. The van der Waals surface area contributed by atoms with E-state index < -0.39 is 12.2 Å². The molecule has 0 saturated carbocycles. The average molecular weight is 189 g/mol. The summed E-state index contributed by atoms with van der Waals surface area (Å²) in [5.41, 5.74) is 5.03. The maximum Gasteiger partial charge on any atom is 0.222 e. The molecule has 0 spiro atoms. The molecule has 1 amide bonds. The van der Waals surface area contributed by atoms with E-state index >= 15 is 0 Å². The zero-order valence-corrected chi connectivity index (χ0v) is 8.41. The molecule has 0 aromatic rings. The van der Waals surface area contributed by atoms with Crippen LogP contribution >= 0.6 is 0 Å². The second kappa shape index (κ2) is 8.01. The molecule has 0 bridgehead atoms. The average Bonchev–Trinajstić information content (AvgIpc) is 2.04. The van der Waals surface area contributed by atoms with Gasteiger partial charge in [-0.15, -0.1) is 0 Å². The van der Waals surface area contributed by atoms with E-state index in [4.69, 9.17) is 15.2 Å². The van der Waals surface area contributed by atoms with Gasteiger partial charge in [0.2, 0.25) is 5.91 Å². The summed E-state index contributed by atoms with van der Waals surface area (Å²) < 4.78 is 10.5. The van der Waals surface area contributed by atoms with Gasteiger partial charge in [-0.1, -0.05) is 13.3 Å². The normalized spacial score (nSPS) is 12.8. The number of primary amides is 1. The molecule has 0 heterocycles. The Balaban J connectivity index is 3.59. The predicted molar refractivity (Wildman–Crippen MR) is 50.1 cm³/mol. The summed E-state index contributed by atoms with van der Waals surface area (Å²) in [5.74, 6) is -0.394. The van der Waals surface area contributed by atoms with Crippen molar-refractivity contribution in [3.05, 3.63) is 0 Å². The van der Waals surface area contributed by atoms with Crippen LogP contribution in [-0.2, 0) is 14.3 Å². The molecule has 1 atom stereocenters. The summed E-state index contributed by atoms with van der Waals surface area (Å²) in [6.07, 6.45) is 1.71. The highest BCUT2D eigenvalue weighted by Crippen LogP contribution is 2.02. The maximum atomic E-state index is 10.6. The number of unbranched alkanes of at least 4 members (excludes halogenated alkanes) is 1. The highest BCUT2D eigenvalue weighted by atomic mass is 16.7. The Morgan fingerprint density at radius 1 is 1.38 bits per heavy atom. The fourth-order valence-corrected chi connectivity index (χ4v) is 0.875. The minimum absolute atomic E-state index is 0.136. The lowest BCUT2D eigenvalue weighted by molar-refractivity contribution is -0.153. The Morgan fingerprint density at radius 2 is 2.08 bits per heavy atom. The van der Waals surface area contributed by atoms with Crippen molar-refractivity contribution in [1.82, 2.24) is 0 Å². The topological polar surface area (TPSA) is 61.5 Å². The summed E-state index contributed by atoms with van der Waals surface area (Å²) in [5, 5.41) is 0. The van der Waals surface area contributed by atoms with Crippen LogP contribution in [0.1, 0.15) is 33.1 Å². The molecule has 13 heavy (non-hydrogen) atoms. The number of carbonyl (C=O) groups is 1. The molecule has 0 fully saturated rings. The Hall–Kier alpha value is -0.610. The van der Waals surface area contributed by atoms with Crippen molar-refractivity contribution in [3.8, 4) is 0 Å². The van der Waals surface area contributed by atoms with E-state index in [0.717, 1.165) is 12.8 Å². The molecular formula is C9H19NO3. The van der Waals surface area contributed by atoms with Gasteiger partial charge in [0.05, 0.1) is 6.42 Å². The molecule has 0 aliphatic rings. The van der Waals surface area contributed by atoms with Gasteiger partial charge in [0, 0.05) is 13.2 Å². The van der Waals surface area contributed by atoms with Crippen molar-refractivity contribution in [2.75, 3.05) is 13.2 Å². The molecule has 78 valence electrons. The number of hydrogen-bond donors (Lipinski definition) is 1. The van der Waals surface area contributed by atoms with Gasteiger partial charge >= 0.3 is 0 Å². The van der Waals surface area contributed by atoms with Crippen LogP contribution in [-0.4, -0.2) is 25.4 Å². The largest absolute Gasteiger partial charge is 0.370 e. The third-order valence-electron chi connectivity index (χ3n) is 1.52. The molecule has 0 saturated heterocycles. The van der Waals surface area contributed by atoms with Gasteiger partial charge in [-0.3, -0.25) is 4.79 Å². The first-order valence-corrected chi connectivity index (χ1v) is 4.72.